The minimum atomic E-state index is -0.927. The van der Waals surface area contributed by atoms with E-state index in [0.717, 1.165) is 32.1 Å². The van der Waals surface area contributed by atoms with Gasteiger partial charge in [-0.25, -0.2) is 0 Å². The van der Waals surface area contributed by atoms with E-state index in [1.165, 1.54) is 25.7 Å². The van der Waals surface area contributed by atoms with Crippen LogP contribution in [0.4, 0.5) is 0 Å². The van der Waals surface area contributed by atoms with Gasteiger partial charge < -0.3 is 20.1 Å². The molecule has 0 heterocycles. The maximum Gasteiger partial charge on any atom is 1.00 e. The fraction of sp³-hybridized carbons (Fsp3) is 0.958. The van der Waals surface area contributed by atoms with Crippen LogP contribution in [-0.2, 0) is 4.79 Å². The van der Waals surface area contributed by atoms with Crippen molar-refractivity contribution in [1.29, 1.82) is 0 Å². The Morgan fingerprint density at radius 2 is 1.66 bits per heavy atom. The van der Waals surface area contributed by atoms with Crippen molar-refractivity contribution in [3.8, 4) is 0 Å². The van der Waals surface area contributed by atoms with Gasteiger partial charge in [0, 0.05) is 5.97 Å². The third-order valence-corrected chi connectivity index (χ3v) is 10.2. The van der Waals surface area contributed by atoms with Crippen molar-refractivity contribution < 1.29 is 49.7 Å². The van der Waals surface area contributed by atoms with Gasteiger partial charge in [0.2, 0.25) is 0 Å². The Morgan fingerprint density at radius 3 is 2.34 bits per heavy atom. The van der Waals surface area contributed by atoms with E-state index in [1.54, 1.807) is 0 Å². The molecule has 0 unspecified atom stereocenters. The number of carbonyl (C=O) groups is 1. The minimum absolute atomic E-state index is 0. The van der Waals surface area contributed by atoms with Crippen molar-refractivity contribution in [3.05, 3.63) is 0 Å². The second kappa shape index (κ2) is 8.73. The van der Waals surface area contributed by atoms with Crippen LogP contribution in [0.5, 0.6) is 0 Å². The van der Waals surface area contributed by atoms with Gasteiger partial charge in [-0.1, -0.05) is 20.8 Å². The number of fused-ring (bicyclic) bond motifs is 5. The first-order chi connectivity index (χ1) is 13.2. The molecule has 29 heavy (non-hydrogen) atoms. The number of carbonyl (C=O) groups excluding carboxylic acids is 1. The third kappa shape index (κ3) is 3.99. The predicted molar refractivity (Wildman–Crippen MR) is 106 cm³/mol. The molecular formula is C24H39NaO4. The van der Waals surface area contributed by atoms with Crippen molar-refractivity contribution in [2.75, 3.05) is 0 Å². The summed E-state index contributed by atoms with van der Waals surface area (Å²) >= 11 is 0. The average Bonchev–Trinajstić information content (AvgIpc) is 2.99. The third-order valence-electron chi connectivity index (χ3n) is 10.2. The second-order valence-corrected chi connectivity index (χ2v) is 11.3. The van der Waals surface area contributed by atoms with Gasteiger partial charge in [-0.2, -0.15) is 0 Å². The molecule has 4 rings (SSSR count). The molecule has 0 aromatic rings. The van der Waals surface area contributed by atoms with E-state index < -0.39 is 5.97 Å². The van der Waals surface area contributed by atoms with Gasteiger partial charge >= 0.3 is 29.6 Å². The smallest absolute Gasteiger partial charge is 0.550 e. The molecule has 0 spiro atoms. The van der Waals surface area contributed by atoms with Gasteiger partial charge in [0.25, 0.3) is 0 Å². The first-order valence-electron chi connectivity index (χ1n) is 11.7. The fourth-order valence-electron chi connectivity index (χ4n) is 8.80. The predicted octanol–water partition coefficient (Wildman–Crippen LogP) is 0.147. The van der Waals surface area contributed by atoms with E-state index in [9.17, 15) is 20.1 Å². The van der Waals surface area contributed by atoms with Crippen LogP contribution in [0.15, 0.2) is 0 Å². The zero-order chi connectivity index (χ0) is 20.3. The summed E-state index contributed by atoms with van der Waals surface area (Å²) in [5.41, 5.74) is 0.450. The number of carboxylic acid groups (broad SMARTS) is 1. The van der Waals surface area contributed by atoms with Gasteiger partial charge in [-0.3, -0.25) is 0 Å². The van der Waals surface area contributed by atoms with Crippen LogP contribution < -0.4 is 34.7 Å². The summed E-state index contributed by atoms with van der Waals surface area (Å²) in [6.45, 7) is 7.11. The van der Waals surface area contributed by atoms with Gasteiger partial charge in [-0.05, 0) is 111 Å². The van der Waals surface area contributed by atoms with E-state index in [0.29, 0.717) is 29.6 Å². The summed E-state index contributed by atoms with van der Waals surface area (Å²) in [7, 11) is 0. The minimum Gasteiger partial charge on any atom is -0.550 e. The monoisotopic (exact) mass is 414 g/mol. The molecule has 4 aliphatic rings. The quantitative estimate of drug-likeness (QED) is 0.642. The van der Waals surface area contributed by atoms with Gasteiger partial charge in [0.15, 0.2) is 0 Å². The Hall–Kier alpha value is 0.390. The van der Waals surface area contributed by atoms with E-state index in [4.69, 9.17) is 0 Å². The topological polar surface area (TPSA) is 80.6 Å². The first-order valence-corrected chi connectivity index (χ1v) is 11.7. The molecule has 0 aromatic carbocycles. The molecule has 0 amide bonds. The van der Waals surface area contributed by atoms with Crippen molar-refractivity contribution in [1.82, 2.24) is 0 Å². The van der Waals surface area contributed by atoms with Crippen molar-refractivity contribution in [3.63, 3.8) is 0 Å². The molecule has 0 radical (unpaired) electrons. The molecule has 5 heteroatoms. The fourth-order valence-corrected chi connectivity index (χ4v) is 8.80. The molecule has 4 nitrogen and oxygen atoms in total. The molecule has 10 atom stereocenters. The van der Waals surface area contributed by atoms with E-state index in [1.807, 2.05) is 0 Å². The maximum absolute atomic E-state index is 11.1. The first kappa shape index (κ1) is 24.0. The van der Waals surface area contributed by atoms with E-state index >= 15 is 0 Å². The van der Waals surface area contributed by atoms with Crippen LogP contribution in [0.25, 0.3) is 0 Å². The second-order valence-electron chi connectivity index (χ2n) is 11.3. The van der Waals surface area contributed by atoms with Crippen molar-refractivity contribution in [2.45, 2.75) is 97.2 Å². The normalized spacial score (nSPS) is 49.9. The molecule has 4 fully saturated rings. The zero-order valence-corrected chi connectivity index (χ0v) is 20.9. The summed E-state index contributed by atoms with van der Waals surface area (Å²) < 4.78 is 0. The molecule has 0 bridgehead atoms. The molecule has 4 aliphatic carbocycles. The number of hydrogen-bond acceptors (Lipinski definition) is 4. The number of aliphatic carboxylic acids is 1. The zero-order valence-electron chi connectivity index (χ0n) is 18.9. The Morgan fingerprint density at radius 1 is 1.00 bits per heavy atom. The van der Waals surface area contributed by atoms with Gasteiger partial charge in [0.1, 0.15) is 0 Å². The molecule has 0 aromatic heterocycles. The average molecular weight is 415 g/mol. The van der Waals surface area contributed by atoms with Crippen LogP contribution in [0, 0.1) is 46.3 Å². The van der Waals surface area contributed by atoms with Gasteiger partial charge in [-0.15, -0.1) is 0 Å². The summed E-state index contributed by atoms with van der Waals surface area (Å²) in [5.74, 6) is 2.25. The van der Waals surface area contributed by atoms with Crippen molar-refractivity contribution in [2.24, 2.45) is 46.3 Å². The number of aliphatic hydroxyl groups excluding tert-OH is 2. The Balaban J connectivity index is 0.00000240. The maximum atomic E-state index is 11.1. The van der Waals surface area contributed by atoms with Crippen LogP contribution in [0.3, 0.4) is 0 Å². The van der Waals surface area contributed by atoms with E-state index in [-0.39, 0.29) is 64.9 Å². The number of carboxylic acids is 1. The molecule has 4 saturated carbocycles. The Labute approximate surface area is 198 Å². The van der Waals surface area contributed by atoms with Crippen LogP contribution in [0.2, 0.25) is 0 Å². The molecule has 0 saturated heterocycles. The Kier molecular flexibility index (Phi) is 7.24. The standard InChI is InChI=1S/C24H40O4.Na/c1-14(4-7-22(27)28)17-5-6-18-16-13-21(26)20-12-15(25)8-10-24(20,3)19(16)9-11-23(17,18)2;/h14-21,25-26H,4-13H2,1-3H3,(H,27,28);/q;+1/p-1/t14-,15-,16+,17-,18+,19+,20+,21+,23-,24-;/m0./s1. The largest absolute Gasteiger partial charge is 1.00 e. The molecule has 160 valence electrons. The summed E-state index contributed by atoms with van der Waals surface area (Å²) in [5, 5.41) is 32.2. The summed E-state index contributed by atoms with van der Waals surface area (Å²) in [6.07, 6.45) is 8.88. The molecular weight excluding hydrogens is 375 g/mol. The van der Waals surface area contributed by atoms with E-state index in [2.05, 4.69) is 20.8 Å². The molecule has 2 N–H and O–H groups in total. The summed E-state index contributed by atoms with van der Waals surface area (Å²) in [4.78, 5) is 10.9. The Bertz CT molecular complexity index is 612. The number of hydrogen-bond donors (Lipinski definition) is 2. The number of rotatable bonds is 4. The SMILES string of the molecule is C[C@@H](CCC(=O)[O-])[C@@H]1CC[C@@H]2[C@H]3C[C@@H](O)[C@H]4C[C@@H](O)CC[C@@]4(C)[C@@H]3CC[C@]21C.[Na+]. The molecule has 0 aliphatic heterocycles. The van der Waals surface area contributed by atoms with Crippen LogP contribution in [-0.4, -0.2) is 28.4 Å². The number of aliphatic hydroxyl groups is 2. The van der Waals surface area contributed by atoms with Gasteiger partial charge in [0.05, 0.1) is 12.2 Å². The van der Waals surface area contributed by atoms with Crippen LogP contribution in [0.1, 0.15) is 85.0 Å². The summed E-state index contributed by atoms with van der Waals surface area (Å²) in [6, 6.07) is 0. The van der Waals surface area contributed by atoms with Crippen molar-refractivity contribution >= 4 is 5.97 Å². The van der Waals surface area contributed by atoms with Crippen LogP contribution >= 0.6 is 0 Å².